The van der Waals surface area contributed by atoms with Gasteiger partial charge < -0.3 is 14.7 Å². The molecule has 5 rings (SSSR count). The minimum Gasteiger partial charge on any atom is -0.339 e. The maximum Gasteiger partial charge on any atom is 0.250 e. The van der Waals surface area contributed by atoms with Gasteiger partial charge in [0.15, 0.2) is 0 Å². The van der Waals surface area contributed by atoms with E-state index in [1.807, 2.05) is 47.4 Å². The van der Waals surface area contributed by atoms with Crippen molar-refractivity contribution < 1.29 is 9.59 Å². The summed E-state index contributed by atoms with van der Waals surface area (Å²) in [6, 6.07) is 16.8. The molecule has 0 radical (unpaired) electrons. The van der Waals surface area contributed by atoms with Crippen LogP contribution in [0.5, 0.6) is 0 Å². The van der Waals surface area contributed by atoms with Crippen LogP contribution in [-0.4, -0.2) is 69.6 Å². The number of aromatic nitrogens is 4. The molecular formula is C22H22ClN7O2. The first-order valence-electron chi connectivity index (χ1n) is 10.5. The van der Waals surface area contributed by atoms with E-state index in [0.717, 1.165) is 11.4 Å². The van der Waals surface area contributed by atoms with Crippen LogP contribution in [0.25, 0.3) is 5.69 Å². The number of benzene rings is 2. The summed E-state index contributed by atoms with van der Waals surface area (Å²) in [4.78, 5) is 31.2. The van der Waals surface area contributed by atoms with E-state index in [4.69, 9.17) is 11.6 Å². The number of rotatable bonds is 4. The molecule has 1 atom stereocenters. The van der Waals surface area contributed by atoms with Crippen LogP contribution < -0.4 is 9.80 Å². The Morgan fingerprint density at radius 3 is 2.38 bits per heavy atom. The lowest BCUT2D eigenvalue weighted by Crippen LogP contribution is -2.51. The van der Waals surface area contributed by atoms with Crippen LogP contribution >= 0.6 is 11.6 Å². The first-order valence-corrected chi connectivity index (χ1v) is 10.9. The number of tetrazole rings is 1. The van der Waals surface area contributed by atoms with E-state index in [-0.39, 0.29) is 24.2 Å². The number of piperazine rings is 1. The van der Waals surface area contributed by atoms with Crippen molar-refractivity contribution in [3.05, 3.63) is 59.6 Å². The summed E-state index contributed by atoms with van der Waals surface area (Å²) in [6.45, 7) is 2.77. The average Bonchev–Trinajstić information content (AvgIpc) is 3.47. The second-order valence-electron chi connectivity index (χ2n) is 7.92. The molecule has 2 aromatic carbocycles. The molecule has 0 saturated carbocycles. The highest BCUT2D eigenvalue weighted by Gasteiger charge is 2.38. The summed E-state index contributed by atoms with van der Waals surface area (Å²) in [5, 5.41) is 12.7. The van der Waals surface area contributed by atoms with Crippen molar-refractivity contribution in [3.63, 3.8) is 0 Å². The van der Waals surface area contributed by atoms with Crippen LogP contribution in [0, 0.1) is 5.92 Å². The third-order valence-electron chi connectivity index (χ3n) is 5.94. The highest BCUT2D eigenvalue weighted by molar-refractivity contribution is 6.30. The summed E-state index contributed by atoms with van der Waals surface area (Å²) in [5.74, 6) is 0.316. The summed E-state index contributed by atoms with van der Waals surface area (Å²) < 4.78 is 1.71. The lowest BCUT2D eigenvalue weighted by molar-refractivity contribution is -0.136. The zero-order valence-corrected chi connectivity index (χ0v) is 18.1. The van der Waals surface area contributed by atoms with Gasteiger partial charge in [0.05, 0.1) is 11.6 Å². The molecule has 1 unspecified atom stereocenters. The summed E-state index contributed by atoms with van der Waals surface area (Å²) >= 11 is 5.95. The van der Waals surface area contributed by atoms with E-state index in [1.54, 1.807) is 21.7 Å². The molecule has 1 aromatic heterocycles. The van der Waals surface area contributed by atoms with Crippen molar-refractivity contribution in [2.45, 2.75) is 6.42 Å². The van der Waals surface area contributed by atoms with Crippen molar-refractivity contribution in [1.29, 1.82) is 0 Å². The largest absolute Gasteiger partial charge is 0.339 e. The molecule has 2 amide bonds. The van der Waals surface area contributed by atoms with E-state index < -0.39 is 0 Å². The Balaban J connectivity index is 1.22. The third kappa shape index (κ3) is 3.91. The van der Waals surface area contributed by atoms with Gasteiger partial charge in [0, 0.05) is 49.9 Å². The van der Waals surface area contributed by atoms with Crippen LogP contribution in [0.2, 0.25) is 5.02 Å². The third-order valence-corrected chi connectivity index (χ3v) is 6.19. The molecule has 32 heavy (non-hydrogen) atoms. The fourth-order valence-corrected chi connectivity index (χ4v) is 4.37. The molecule has 2 aliphatic rings. The minimum atomic E-state index is -0.334. The fraction of sp³-hybridized carbons (Fsp3) is 0.318. The molecule has 3 aromatic rings. The molecular weight excluding hydrogens is 430 g/mol. The number of carbonyl (C=O) groups is 2. The summed E-state index contributed by atoms with van der Waals surface area (Å²) in [7, 11) is 0. The van der Waals surface area contributed by atoms with Gasteiger partial charge in [0.1, 0.15) is 0 Å². The zero-order chi connectivity index (χ0) is 22.1. The Kier molecular flexibility index (Phi) is 5.48. The van der Waals surface area contributed by atoms with Crippen LogP contribution in [0.1, 0.15) is 6.42 Å². The van der Waals surface area contributed by atoms with Crippen molar-refractivity contribution >= 4 is 35.1 Å². The first-order chi connectivity index (χ1) is 15.6. The SMILES string of the molecule is O=C(C1CC(=O)N(c2ccc(Cl)cc2)C1)N1CCN(c2nnnn2-c2ccccc2)CC1. The van der Waals surface area contributed by atoms with Crippen molar-refractivity contribution in [3.8, 4) is 5.69 Å². The lowest BCUT2D eigenvalue weighted by atomic mass is 10.1. The molecule has 2 aliphatic heterocycles. The van der Waals surface area contributed by atoms with Gasteiger partial charge in [-0.2, -0.15) is 4.68 Å². The van der Waals surface area contributed by atoms with Gasteiger partial charge >= 0.3 is 0 Å². The molecule has 0 bridgehead atoms. The number of carbonyl (C=O) groups excluding carboxylic acids is 2. The van der Waals surface area contributed by atoms with Gasteiger partial charge in [-0.25, -0.2) is 0 Å². The number of halogens is 1. The van der Waals surface area contributed by atoms with E-state index >= 15 is 0 Å². The summed E-state index contributed by atoms with van der Waals surface area (Å²) in [6.07, 6.45) is 0.230. The number of amides is 2. The van der Waals surface area contributed by atoms with Crippen LogP contribution in [-0.2, 0) is 9.59 Å². The Labute approximate surface area is 190 Å². The monoisotopic (exact) mass is 451 g/mol. The number of anilines is 2. The predicted molar refractivity (Wildman–Crippen MR) is 120 cm³/mol. The second-order valence-corrected chi connectivity index (χ2v) is 8.36. The Bertz CT molecular complexity index is 1110. The number of hydrogen-bond donors (Lipinski definition) is 0. The molecule has 0 spiro atoms. The summed E-state index contributed by atoms with van der Waals surface area (Å²) in [5.41, 5.74) is 1.66. The predicted octanol–water partition coefficient (Wildman–Crippen LogP) is 2.02. The van der Waals surface area contributed by atoms with Gasteiger partial charge in [-0.15, -0.1) is 0 Å². The topological polar surface area (TPSA) is 87.5 Å². The molecule has 10 heteroatoms. The van der Waals surface area contributed by atoms with E-state index in [9.17, 15) is 9.59 Å². The van der Waals surface area contributed by atoms with E-state index in [2.05, 4.69) is 20.4 Å². The normalized spacial score (nSPS) is 19.0. The van der Waals surface area contributed by atoms with Gasteiger partial charge in [-0.05, 0) is 46.8 Å². The Morgan fingerprint density at radius 1 is 0.938 bits per heavy atom. The lowest BCUT2D eigenvalue weighted by Gasteiger charge is -2.35. The molecule has 164 valence electrons. The maximum atomic E-state index is 13.1. The molecule has 3 heterocycles. The average molecular weight is 452 g/mol. The Morgan fingerprint density at radius 2 is 1.66 bits per heavy atom. The fourth-order valence-electron chi connectivity index (χ4n) is 4.24. The minimum absolute atomic E-state index is 0.0251. The standard InChI is InChI=1S/C22H22ClN7O2/c23-17-6-8-18(9-7-17)29-15-16(14-20(29)31)21(32)27-10-12-28(13-11-27)22-24-25-26-30(22)19-4-2-1-3-5-19/h1-9,16H,10-15H2. The van der Waals surface area contributed by atoms with Crippen LogP contribution in [0.4, 0.5) is 11.6 Å². The molecule has 2 saturated heterocycles. The molecule has 2 fully saturated rings. The van der Waals surface area contributed by atoms with Crippen molar-refractivity contribution in [1.82, 2.24) is 25.1 Å². The zero-order valence-electron chi connectivity index (χ0n) is 17.3. The molecule has 9 nitrogen and oxygen atoms in total. The highest BCUT2D eigenvalue weighted by atomic mass is 35.5. The molecule has 0 N–H and O–H groups in total. The van der Waals surface area contributed by atoms with E-state index in [0.29, 0.717) is 43.7 Å². The van der Waals surface area contributed by atoms with Gasteiger partial charge in [-0.3, -0.25) is 9.59 Å². The van der Waals surface area contributed by atoms with Crippen molar-refractivity contribution in [2.24, 2.45) is 5.92 Å². The number of nitrogens with zero attached hydrogens (tertiary/aromatic N) is 7. The second kappa shape index (κ2) is 8.58. The maximum absolute atomic E-state index is 13.1. The Hall–Kier alpha value is -3.46. The first kappa shape index (κ1) is 20.4. The quantitative estimate of drug-likeness (QED) is 0.603. The van der Waals surface area contributed by atoms with Crippen LogP contribution in [0.15, 0.2) is 54.6 Å². The molecule has 0 aliphatic carbocycles. The van der Waals surface area contributed by atoms with E-state index in [1.165, 1.54) is 0 Å². The van der Waals surface area contributed by atoms with Crippen LogP contribution in [0.3, 0.4) is 0 Å². The van der Waals surface area contributed by atoms with Crippen molar-refractivity contribution in [2.75, 3.05) is 42.5 Å². The van der Waals surface area contributed by atoms with Gasteiger partial charge in [-0.1, -0.05) is 34.9 Å². The van der Waals surface area contributed by atoms with Gasteiger partial charge in [0.2, 0.25) is 17.8 Å². The smallest absolute Gasteiger partial charge is 0.250 e. The number of para-hydroxylation sites is 1. The van der Waals surface area contributed by atoms with Gasteiger partial charge in [0.25, 0.3) is 0 Å². The number of hydrogen-bond acceptors (Lipinski definition) is 6. The highest BCUT2D eigenvalue weighted by Crippen LogP contribution is 2.28.